The molecule has 2 rings (SSSR count). The Kier molecular flexibility index (Phi) is 3.90. The quantitative estimate of drug-likeness (QED) is 0.573. The molecule has 1 fully saturated rings. The predicted octanol–water partition coefficient (Wildman–Crippen LogP) is 1.21. The zero-order chi connectivity index (χ0) is 10.8. The Balaban J connectivity index is 0.00000128. The van der Waals surface area contributed by atoms with Crippen LogP contribution in [0.2, 0.25) is 0 Å². The molecule has 1 aliphatic heterocycles. The van der Waals surface area contributed by atoms with Gasteiger partial charge in [-0.2, -0.15) is 0 Å². The maximum absolute atomic E-state index is 11.5. The molecule has 86 valence electrons. The van der Waals surface area contributed by atoms with Crippen LogP contribution in [0.25, 0.3) is 0 Å². The molecule has 2 amide bonds. The molecule has 5 heteroatoms. The number of imide groups is 1. The Morgan fingerprint density at radius 3 is 2.38 bits per heavy atom. The zero-order valence-corrected chi connectivity index (χ0v) is 9.42. The predicted molar refractivity (Wildman–Crippen MR) is 63.2 cm³/mol. The Morgan fingerprint density at radius 1 is 1.19 bits per heavy atom. The van der Waals surface area contributed by atoms with Crippen molar-refractivity contribution in [3.8, 4) is 0 Å². The van der Waals surface area contributed by atoms with Gasteiger partial charge in [-0.15, -0.1) is 12.4 Å². The molecule has 1 unspecified atom stereocenters. The first kappa shape index (κ1) is 12.5. The van der Waals surface area contributed by atoms with E-state index in [4.69, 9.17) is 5.73 Å². The van der Waals surface area contributed by atoms with E-state index < -0.39 is 0 Å². The molecule has 4 nitrogen and oxygen atoms in total. The summed E-state index contributed by atoms with van der Waals surface area (Å²) in [5, 5.41) is 2.33. The van der Waals surface area contributed by atoms with Crippen molar-refractivity contribution >= 4 is 29.9 Å². The van der Waals surface area contributed by atoms with Crippen LogP contribution in [0, 0.1) is 0 Å². The van der Waals surface area contributed by atoms with E-state index >= 15 is 0 Å². The van der Waals surface area contributed by atoms with Crippen molar-refractivity contribution in [2.45, 2.75) is 18.8 Å². The fourth-order valence-corrected chi connectivity index (χ4v) is 1.74. The number of benzene rings is 1. The largest absolute Gasteiger partial charge is 0.399 e. The van der Waals surface area contributed by atoms with Gasteiger partial charge in [-0.1, -0.05) is 12.1 Å². The third kappa shape index (κ3) is 2.52. The number of hydrogen-bond donors (Lipinski definition) is 2. The van der Waals surface area contributed by atoms with Crippen molar-refractivity contribution in [2.24, 2.45) is 0 Å². The molecule has 3 N–H and O–H groups in total. The van der Waals surface area contributed by atoms with Gasteiger partial charge in [0.2, 0.25) is 11.8 Å². The fraction of sp³-hybridized carbons (Fsp3) is 0.273. The van der Waals surface area contributed by atoms with Gasteiger partial charge in [-0.3, -0.25) is 14.9 Å². The summed E-state index contributed by atoms with van der Waals surface area (Å²) >= 11 is 0. The number of rotatable bonds is 1. The van der Waals surface area contributed by atoms with E-state index in [9.17, 15) is 9.59 Å². The zero-order valence-electron chi connectivity index (χ0n) is 8.60. The maximum Gasteiger partial charge on any atom is 0.234 e. The SMILES string of the molecule is Cl.Nc1ccc(C2CCC(=O)NC2=O)cc1. The van der Waals surface area contributed by atoms with E-state index in [1.54, 1.807) is 12.1 Å². The number of halogens is 1. The summed E-state index contributed by atoms with van der Waals surface area (Å²) in [6, 6.07) is 7.18. The maximum atomic E-state index is 11.5. The van der Waals surface area contributed by atoms with Gasteiger partial charge in [-0.05, 0) is 24.1 Å². The van der Waals surface area contributed by atoms with Gasteiger partial charge in [0.25, 0.3) is 0 Å². The lowest BCUT2D eigenvalue weighted by molar-refractivity contribution is -0.134. The number of carbonyl (C=O) groups is 2. The first-order valence-corrected chi connectivity index (χ1v) is 4.86. The van der Waals surface area contributed by atoms with Crippen molar-refractivity contribution in [3.05, 3.63) is 29.8 Å². The molecule has 0 radical (unpaired) electrons. The summed E-state index contributed by atoms with van der Waals surface area (Å²) in [5.41, 5.74) is 7.14. The van der Waals surface area contributed by atoms with Gasteiger partial charge in [0.05, 0.1) is 5.92 Å². The highest BCUT2D eigenvalue weighted by Gasteiger charge is 2.27. The Morgan fingerprint density at radius 2 is 1.81 bits per heavy atom. The highest BCUT2D eigenvalue weighted by Crippen LogP contribution is 2.25. The molecule has 0 saturated carbocycles. The highest BCUT2D eigenvalue weighted by atomic mass is 35.5. The highest BCUT2D eigenvalue weighted by molar-refractivity contribution is 6.00. The molecule has 0 bridgehead atoms. The van der Waals surface area contributed by atoms with Gasteiger partial charge in [0.1, 0.15) is 0 Å². The lowest BCUT2D eigenvalue weighted by Gasteiger charge is -2.20. The third-order valence-electron chi connectivity index (χ3n) is 2.58. The average molecular weight is 241 g/mol. The summed E-state index contributed by atoms with van der Waals surface area (Å²) in [5.74, 6) is -0.619. The molecule has 1 aliphatic rings. The number of piperidine rings is 1. The molecule has 0 aromatic heterocycles. The topological polar surface area (TPSA) is 72.2 Å². The summed E-state index contributed by atoms with van der Waals surface area (Å²) in [7, 11) is 0. The fourth-order valence-electron chi connectivity index (χ4n) is 1.74. The standard InChI is InChI=1S/C11H12N2O2.ClH/c12-8-3-1-7(2-4-8)9-5-6-10(14)13-11(9)15;/h1-4,9H,5-6,12H2,(H,13,14,15);1H. The second-order valence-corrected chi connectivity index (χ2v) is 3.67. The normalized spacial score (nSPS) is 19.9. The van der Waals surface area contributed by atoms with Crippen LogP contribution in [0.3, 0.4) is 0 Å². The number of carbonyl (C=O) groups excluding carboxylic acids is 2. The molecular weight excluding hydrogens is 228 g/mol. The molecule has 1 heterocycles. The van der Waals surface area contributed by atoms with Crippen LogP contribution >= 0.6 is 12.4 Å². The number of hydrogen-bond acceptors (Lipinski definition) is 3. The minimum atomic E-state index is -0.219. The summed E-state index contributed by atoms with van der Waals surface area (Å²) in [6.07, 6.45) is 0.982. The molecule has 0 spiro atoms. The van der Waals surface area contributed by atoms with Gasteiger partial charge in [-0.25, -0.2) is 0 Å². The van der Waals surface area contributed by atoms with Crippen LogP contribution in [-0.4, -0.2) is 11.8 Å². The van der Waals surface area contributed by atoms with Crippen molar-refractivity contribution < 1.29 is 9.59 Å². The van der Waals surface area contributed by atoms with E-state index in [0.717, 1.165) is 5.56 Å². The molecular formula is C11H13ClN2O2. The third-order valence-corrected chi connectivity index (χ3v) is 2.58. The Labute approximate surface area is 99.6 Å². The van der Waals surface area contributed by atoms with Crippen molar-refractivity contribution in [1.82, 2.24) is 5.32 Å². The first-order chi connectivity index (χ1) is 7.16. The van der Waals surface area contributed by atoms with Gasteiger partial charge >= 0.3 is 0 Å². The van der Waals surface area contributed by atoms with Crippen LogP contribution in [0.4, 0.5) is 5.69 Å². The van der Waals surface area contributed by atoms with E-state index in [1.165, 1.54) is 0 Å². The van der Waals surface area contributed by atoms with Crippen LogP contribution in [0.5, 0.6) is 0 Å². The van der Waals surface area contributed by atoms with Crippen molar-refractivity contribution in [3.63, 3.8) is 0 Å². The Bertz CT molecular complexity index is 403. The molecule has 1 aromatic carbocycles. The minimum Gasteiger partial charge on any atom is -0.399 e. The molecule has 1 saturated heterocycles. The number of nitrogens with one attached hydrogen (secondary N) is 1. The summed E-state index contributed by atoms with van der Waals surface area (Å²) in [6.45, 7) is 0. The lowest BCUT2D eigenvalue weighted by Crippen LogP contribution is -2.39. The molecule has 16 heavy (non-hydrogen) atoms. The van der Waals surface area contributed by atoms with Crippen LogP contribution < -0.4 is 11.1 Å². The first-order valence-electron chi connectivity index (χ1n) is 4.86. The van der Waals surface area contributed by atoms with Crippen molar-refractivity contribution in [2.75, 3.05) is 5.73 Å². The van der Waals surface area contributed by atoms with Crippen LogP contribution in [-0.2, 0) is 9.59 Å². The van der Waals surface area contributed by atoms with Crippen LogP contribution in [0.1, 0.15) is 24.3 Å². The number of nitrogens with two attached hydrogens (primary N) is 1. The molecule has 1 atom stereocenters. The number of amides is 2. The minimum absolute atomic E-state index is 0. The second-order valence-electron chi connectivity index (χ2n) is 3.67. The summed E-state index contributed by atoms with van der Waals surface area (Å²) in [4.78, 5) is 22.5. The molecule has 1 aromatic rings. The summed E-state index contributed by atoms with van der Waals surface area (Å²) < 4.78 is 0. The van der Waals surface area contributed by atoms with Gasteiger partial charge in [0.15, 0.2) is 0 Å². The Hall–Kier alpha value is -1.55. The van der Waals surface area contributed by atoms with E-state index in [2.05, 4.69) is 5.32 Å². The number of anilines is 1. The average Bonchev–Trinajstić information content (AvgIpc) is 2.20. The lowest BCUT2D eigenvalue weighted by atomic mass is 9.90. The van der Waals surface area contributed by atoms with Crippen molar-refractivity contribution in [1.29, 1.82) is 0 Å². The van der Waals surface area contributed by atoms with Crippen LogP contribution in [0.15, 0.2) is 24.3 Å². The number of nitrogen functional groups attached to an aromatic ring is 1. The van der Waals surface area contributed by atoms with E-state index in [0.29, 0.717) is 18.5 Å². The smallest absolute Gasteiger partial charge is 0.234 e. The van der Waals surface area contributed by atoms with Gasteiger partial charge in [0, 0.05) is 12.1 Å². The van der Waals surface area contributed by atoms with E-state index in [-0.39, 0.29) is 30.1 Å². The monoisotopic (exact) mass is 240 g/mol. The molecule has 0 aliphatic carbocycles. The second kappa shape index (κ2) is 4.99. The van der Waals surface area contributed by atoms with Gasteiger partial charge < -0.3 is 5.73 Å². The van der Waals surface area contributed by atoms with E-state index in [1.807, 2.05) is 12.1 Å².